The van der Waals surface area contributed by atoms with Gasteiger partial charge in [0, 0.05) is 13.2 Å². The molecule has 3 unspecified atom stereocenters. The zero-order chi connectivity index (χ0) is 10.7. The van der Waals surface area contributed by atoms with E-state index in [0.717, 1.165) is 39.0 Å². The molecule has 3 heteroatoms. The maximum absolute atomic E-state index is 10.5. The number of piperidine rings is 1. The summed E-state index contributed by atoms with van der Waals surface area (Å²) in [5, 5.41) is 13.8. The summed E-state index contributed by atoms with van der Waals surface area (Å²) >= 11 is 0. The van der Waals surface area contributed by atoms with Crippen LogP contribution in [0.3, 0.4) is 0 Å². The lowest BCUT2D eigenvalue weighted by Crippen LogP contribution is -2.49. The highest BCUT2D eigenvalue weighted by Crippen LogP contribution is 2.31. The van der Waals surface area contributed by atoms with Crippen LogP contribution in [0.25, 0.3) is 0 Å². The van der Waals surface area contributed by atoms with Gasteiger partial charge in [0.1, 0.15) is 0 Å². The second kappa shape index (κ2) is 4.81. The van der Waals surface area contributed by atoms with E-state index in [1.165, 1.54) is 12.8 Å². The lowest BCUT2D eigenvalue weighted by atomic mass is 9.79. The van der Waals surface area contributed by atoms with Gasteiger partial charge < -0.3 is 15.2 Å². The molecule has 3 nitrogen and oxygen atoms in total. The van der Waals surface area contributed by atoms with E-state index in [0.29, 0.717) is 12.0 Å². The Morgan fingerprint density at radius 2 is 2.40 bits per heavy atom. The van der Waals surface area contributed by atoms with Gasteiger partial charge in [0.15, 0.2) is 0 Å². The first-order chi connectivity index (χ1) is 7.21. The van der Waals surface area contributed by atoms with Gasteiger partial charge in [-0.05, 0) is 44.6 Å². The summed E-state index contributed by atoms with van der Waals surface area (Å²) in [7, 11) is 0. The zero-order valence-electron chi connectivity index (χ0n) is 9.67. The molecule has 2 aliphatic heterocycles. The maximum atomic E-state index is 10.5. The summed E-state index contributed by atoms with van der Waals surface area (Å²) in [5.41, 5.74) is -0.447. The fourth-order valence-corrected chi connectivity index (χ4v) is 2.71. The Kier molecular flexibility index (Phi) is 3.65. The third-order valence-corrected chi connectivity index (χ3v) is 4.03. The van der Waals surface area contributed by atoms with Crippen LogP contribution in [-0.2, 0) is 4.74 Å². The van der Waals surface area contributed by atoms with Crippen LogP contribution in [0.1, 0.15) is 39.0 Å². The van der Waals surface area contributed by atoms with Gasteiger partial charge in [0.25, 0.3) is 0 Å². The molecule has 2 N–H and O–H groups in total. The fourth-order valence-electron chi connectivity index (χ4n) is 2.71. The molecule has 0 amide bonds. The van der Waals surface area contributed by atoms with E-state index in [9.17, 15) is 5.11 Å². The van der Waals surface area contributed by atoms with Crippen LogP contribution in [0.4, 0.5) is 0 Å². The molecule has 0 radical (unpaired) electrons. The largest absolute Gasteiger partial charge is 0.390 e. The molecule has 2 saturated heterocycles. The number of rotatable bonds is 3. The third-order valence-electron chi connectivity index (χ3n) is 4.03. The van der Waals surface area contributed by atoms with Gasteiger partial charge in [-0.3, -0.25) is 0 Å². The van der Waals surface area contributed by atoms with Crippen molar-refractivity contribution in [2.45, 2.75) is 50.7 Å². The van der Waals surface area contributed by atoms with Gasteiger partial charge >= 0.3 is 0 Å². The molecular weight excluding hydrogens is 190 g/mol. The van der Waals surface area contributed by atoms with Crippen LogP contribution in [-0.4, -0.2) is 36.5 Å². The van der Waals surface area contributed by atoms with Gasteiger partial charge in [0.05, 0.1) is 11.7 Å². The Labute approximate surface area is 92.2 Å². The monoisotopic (exact) mass is 213 g/mol. The molecule has 0 aromatic carbocycles. The van der Waals surface area contributed by atoms with Crippen LogP contribution in [0.15, 0.2) is 0 Å². The molecule has 2 fully saturated rings. The summed E-state index contributed by atoms with van der Waals surface area (Å²) in [6, 6.07) is 0. The predicted molar refractivity (Wildman–Crippen MR) is 59.8 cm³/mol. The summed E-state index contributed by atoms with van der Waals surface area (Å²) in [5.74, 6) is 0.368. The van der Waals surface area contributed by atoms with E-state index in [4.69, 9.17) is 4.74 Å². The molecule has 0 aliphatic carbocycles. The molecule has 88 valence electrons. The van der Waals surface area contributed by atoms with Crippen LogP contribution in [0, 0.1) is 5.92 Å². The number of hydrogen-bond acceptors (Lipinski definition) is 3. The molecule has 2 aliphatic rings. The first kappa shape index (κ1) is 11.4. The smallest absolute Gasteiger partial charge is 0.0698 e. The van der Waals surface area contributed by atoms with Crippen LogP contribution < -0.4 is 5.32 Å². The van der Waals surface area contributed by atoms with Gasteiger partial charge in [0.2, 0.25) is 0 Å². The van der Waals surface area contributed by atoms with Crippen LogP contribution >= 0.6 is 0 Å². The Hall–Kier alpha value is -0.120. The van der Waals surface area contributed by atoms with Crippen molar-refractivity contribution in [3.63, 3.8) is 0 Å². The van der Waals surface area contributed by atoms with Crippen molar-refractivity contribution < 1.29 is 9.84 Å². The number of hydrogen-bond donors (Lipinski definition) is 2. The Morgan fingerprint density at radius 3 is 3.07 bits per heavy atom. The predicted octanol–water partition coefficient (Wildman–Crippen LogP) is 1.31. The van der Waals surface area contributed by atoms with E-state index < -0.39 is 5.60 Å². The van der Waals surface area contributed by atoms with Gasteiger partial charge in [-0.1, -0.05) is 6.92 Å². The molecule has 0 bridgehead atoms. The average Bonchev–Trinajstić information content (AvgIpc) is 2.73. The highest BCUT2D eigenvalue weighted by atomic mass is 16.5. The number of ether oxygens (including phenoxy) is 1. The van der Waals surface area contributed by atoms with Crippen molar-refractivity contribution in [3.8, 4) is 0 Å². The molecule has 0 aromatic heterocycles. The summed E-state index contributed by atoms with van der Waals surface area (Å²) in [4.78, 5) is 0. The quantitative estimate of drug-likeness (QED) is 0.742. The van der Waals surface area contributed by atoms with E-state index in [1.807, 2.05) is 0 Å². The first-order valence-electron chi connectivity index (χ1n) is 6.25. The fraction of sp³-hybridized carbons (Fsp3) is 1.00. The first-order valence-corrected chi connectivity index (χ1v) is 6.25. The van der Waals surface area contributed by atoms with E-state index >= 15 is 0 Å². The number of aliphatic hydroxyl groups is 1. The second-order valence-corrected chi connectivity index (χ2v) is 5.13. The van der Waals surface area contributed by atoms with E-state index in [1.54, 1.807) is 0 Å². The van der Waals surface area contributed by atoms with Gasteiger partial charge in [-0.15, -0.1) is 0 Å². The lowest BCUT2D eigenvalue weighted by molar-refractivity contribution is -0.0508. The van der Waals surface area contributed by atoms with Crippen molar-refractivity contribution in [2.24, 2.45) is 5.92 Å². The van der Waals surface area contributed by atoms with Crippen LogP contribution in [0.5, 0.6) is 0 Å². The highest BCUT2D eigenvalue weighted by molar-refractivity contribution is 4.90. The van der Waals surface area contributed by atoms with Crippen molar-refractivity contribution in [1.82, 2.24) is 5.32 Å². The zero-order valence-corrected chi connectivity index (χ0v) is 9.67. The second-order valence-electron chi connectivity index (χ2n) is 5.13. The Balaban J connectivity index is 1.80. The summed E-state index contributed by atoms with van der Waals surface area (Å²) in [6.45, 7) is 4.95. The molecule has 2 heterocycles. The molecule has 0 spiro atoms. The molecule has 3 atom stereocenters. The summed E-state index contributed by atoms with van der Waals surface area (Å²) < 4.78 is 5.60. The van der Waals surface area contributed by atoms with Crippen LogP contribution in [0.2, 0.25) is 0 Å². The number of nitrogens with one attached hydrogen (secondary N) is 1. The van der Waals surface area contributed by atoms with Crippen molar-refractivity contribution >= 4 is 0 Å². The SMILES string of the molecule is CC1CNCCC1(O)CCC1CCCO1. The minimum Gasteiger partial charge on any atom is -0.390 e. The van der Waals surface area contributed by atoms with E-state index in [-0.39, 0.29) is 0 Å². The van der Waals surface area contributed by atoms with Crippen molar-refractivity contribution in [1.29, 1.82) is 0 Å². The molecule has 0 aromatic rings. The normalized spacial score (nSPS) is 42.0. The average molecular weight is 213 g/mol. The minimum atomic E-state index is -0.447. The summed E-state index contributed by atoms with van der Waals surface area (Å²) in [6.07, 6.45) is 5.61. The van der Waals surface area contributed by atoms with Gasteiger partial charge in [-0.25, -0.2) is 0 Å². The Bertz CT molecular complexity index is 204. The van der Waals surface area contributed by atoms with E-state index in [2.05, 4.69) is 12.2 Å². The van der Waals surface area contributed by atoms with Crippen molar-refractivity contribution in [2.75, 3.05) is 19.7 Å². The topological polar surface area (TPSA) is 41.5 Å². The van der Waals surface area contributed by atoms with Gasteiger partial charge in [-0.2, -0.15) is 0 Å². The Morgan fingerprint density at radius 1 is 1.53 bits per heavy atom. The molecule has 15 heavy (non-hydrogen) atoms. The standard InChI is InChI=1S/C12H23NO2/c1-10-9-13-7-6-12(10,14)5-4-11-3-2-8-15-11/h10-11,13-14H,2-9H2,1H3. The third kappa shape index (κ3) is 2.71. The molecular formula is C12H23NO2. The van der Waals surface area contributed by atoms with Crippen molar-refractivity contribution in [3.05, 3.63) is 0 Å². The molecule has 0 saturated carbocycles. The highest BCUT2D eigenvalue weighted by Gasteiger charge is 2.36. The minimum absolute atomic E-state index is 0.368. The molecule has 2 rings (SSSR count). The lowest BCUT2D eigenvalue weighted by Gasteiger charge is -2.39. The maximum Gasteiger partial charge on any atom is 0.0698 e.